The summed E-state index contributed by atoms with van der Waals surface area (Å²) in [5.74, 6) is 2.87. The molecule has 3 heteroatoms. The first kappa shape index (κ1) is 36.9. The summed E-state index contributed by atoms with van der Waals surface area (Å²) in [7, 11) is 0. The minimum absolute atomic E-state index is 0.303. The molecule has 3 nitrogen and oxygen atoms in total. The maximum absolute atomic E-state index is 7.08. The van der Waals surface area contributed by atoms with E-state index in [9.17, 15) is 0 Å². The van der Waals surface area contributed by atoms with E-state index in [4.69, 9.17) is 14.7 Å². The first-order valence-corrected chi connectivity index (χ1v) is 21.9. The number of fused-ring (bicyclic) bond motifs is 8. The Morgan fingerprint density at radius 3 is 1.41 bits per heavy atom. The summed E-state index contributed by atoms with van der Waals surface area (Å²) in [5, 5.41) is 0. The lowest BCUT2D eigenvalue weighted by atomic mass is 9.62. The van der Waals surface area contributed by atoms with Crippen molar-refractivity contribution in [2.45, 2.75) is 18.8 Å². The topological polar surface area (TPSA) is 35.0 Å². The van der Waals surface area contributed by atoms with E-state index in [-0.39, 0.29) is 0 Å². The van der Waals surface area contributed by atoms with Gasteiger partial charge in [0.2, 0.25) is 0 Å². The largest absolute Gasteiger partial charge is 0.456 e. The Bertz CT molecular complexity index is 3110. The third kappa shape index (κ3) is 6.11. The van der Waals surface area contributed by atoms with Gasteiger partial charge in [-0.05, 0) is 80.1 Å². The smallest absolute Gasteiger partial charge is 0.160 e. The molecule has 0 amide bonds. The fourth-order valence-corrected chi connectivity index (χ4v) is 10.3. The van der Waals surface area contributed by atoms with Gasteiger partial charge in [-0.25, -0.2) is 9.97 Å². The van der Waals surface area contributed by atoms with Crippen molar-refractivity contribution in [3.8, 4) is 73.0 Å². The highest BCUT2D eigenvalue weighted by atomic mass is 16.5. The van der Waals surface area contributed by atoms with Crippen molar-refractivity contribution in [2.75, 3.05) is 0 Å². The Morgan fingerprint density at radius 2 is 0.857 bits per heavy atom. The van der Waals surface area contributed by atoms with Crippen LogP contribution >= 0.6 is 0 Å². The zero-order valence-electron chi connectivity index (χ0n) is 34.9. The molecule has 2 heterocycles. The van der Waals surface area contributed by atoms with E-state index in [1.807, 2.05) is 6.07 Å². The summed E-state index contributed by atoms with van der Waals surface area (Å²) in [6, 6.07) is 75.8. The van der Waals surface area contributed by atoms with Crippen molar-refractivity contribution >= 4 is 5.57 Å². The molecule has 3 aliphatic rings. The Morgan fingerprint density at radius 1 is 0.429 bits per heavy atom. The summed E-state index contributed by atoms with van der Waals surface area (Å²) in [6.45, 7) is 2.34. The monoisotopic (exact) mass is 806 g/mol. The van der Waals surface area contributed by atoms with Gasteiger partial charge in [-0.3, -0.25) is 0 Å². The number of aromatic nitrogens is 2. The van der Waals surface area contributed by atoms with Crippen molar-refractivity contribution in [3.05, 3.63) is 252 Å². The minimum Gasteiger partial charge on any atom is -0.456 e. The quantitative estimate of drug-likeness (QED) is 0.168. The number of para-hydroxylation sites is 1. The average Bonchev–Trinajstić information content (AvgIpc) is 3.65. The molecule has 2 aliphatic carbocycles. The number of nitrogens with zero attached hydrogens (tertiary/aromatic N) is 2. The average molecular weight is 807 g/mol. The van der Waals surface area contributed by atoms with Gasteiger partial charge in [-0.1, -0.05) is 213 Å². The standard InChI is InChI=1S/C60H42N2O/c1-39-36-50(58-54(37-39)60(53-22-12-13-23-57(53)63-58)51-20-10-8-18-48(51)49-19-9-11-21-52(49)60)44-28-32-46(33-29-44)56-38-55(45-30-24-42(25-31-45)40-14-4-2-5-15-40)61-59(62-56)47-34-26-43(27-35-47)41-16-6-3-7-17-41/h2-36,38-39H,37H2,1H3. The van der Waals surface area contributed by atoms with Crippen molar-refractivity contribution in [1.29, 1.82) is 0 Å². The van der Waals surface area contributed by atoms with Crippen molar-refractivity contribution in [2.24, 2.45) is 5.92 Å². The zero-order valence-corrected chi connectivity index (χ0v) is 34.9. The van der Waals surface area contributed by atoms with Gasteiger partial charge in [0, 0.05) is 27.8 Å². The van der Waals surface area contributed by atoms with Crippen LogP contribution in [0.1, 0.15) is 35.6 Å². The van der Waals surface area contributed by atoms with Gasteiger partial charge in [0.15, 0.2) is 5.82 Å². The van der Waals surface area contributed by atoms with Crippen molar-refractivity contribution in [3.63, 3.8) is 0 Å². The van der Waals surface area contributed by atoms with Crippen LogP contribution in [0.5, 0.6) is 5.75 Å². The molecule has 1 aliphatic heterocycles. The van der Waals surface area contributed by atoms with Crippen LogP contribution in [0.4, 0.5) is 0 Å². The lowest BCUT2D eigenvalue weighted by Gasteiger charge is -2.44. The molecule has 1 atom stereocenters. The van der Waals surface area contributed by atoms with E-state index in [1.165, 1.54) is 50.1 Å². The Hall–Kier alpha value is -7.88. The Labute approximate surface area is 368 Å². The van der Waals surface area contributed by atoms with Crippen LogP contribution in [0.25, 0.3) is 72.9 Å². The second-order valence-corrected chi connectivity index (χ2v) is 16.9. The summed E-state index contributed by atoms with van der Waals surface area (Å²) >= 11 is 0. The maximum Gasteiger partial charge on any atom is 0.160 e. The van der Waals surface area contributed by atoms with E-state index in [0.717, 1.165) is 62.7 Å². The molecule has 0 fully saturated rings. The molecule has 1 spiro atoms. The Balaban J connectivity index is 0.958. The number of benzene rings is 8. The summed E-state index contributed by atoms with van der Waals surface area (Å²) in [5.41, 5.74) is 19.1. The molecule has 12 rings (SSSR count). The summed E-state index contributed by atoms with van der Waals surface area (Å²) in [4.78, 5) is 10.4. The third-order valence-corrected chi connectivity index (χ3v) is 13.2. The second-order valence-electron chi connectivity index (χ2n) is 16.9. The molecular formula is C60H42N2O. The van der Waals surface area contributed by atoms with Crippen LogP contribution in [0.15, 0.2) is 230 Å². The van der Waals surface area contributed by atoms with Gasteiger partial charge in [-0.15, -0.1) is 0 Å². The van der Waals surface area contributed by atoms with E-state index < -0.39 is 5.41 Å². The van der Waals surface area contributed by atoms with Gasteiger partial charge in [0.05, 0.1) is 16.8 Å². The van der Waals surface area contributed by atoms with E-state index in [2.05, 4.69) is 219 Å². The fraction of sp³-hybridized carbons (Fsp3) is 0.0667. The lowest BCUT2D eigenvalue weighted by molar-refractivity contribution is 0.386. The van der Waals surface area contributed by atoms with E-state index in [0.29, 0.717) is 11.7 Å². The van der Waals surface area contributed by atoms with E-state index in [1.54, 1.807) is 0 Å². The molecule has 0 radical (unpaired) electrons. The molecule has 0 N–H and O–H groups in total. The van der Waals surface area contributed by atoms with E-state index >= 15 is 0 Å². The highest BCUT2D eigenvalue weighted by Crippen LogP contribution is 2.63. The third-order valence-electron chi connectivity index (χ3n) is 13.2. The molecule has 0 saturated heterocycles. The van der Waals surface area contributed by atoms with Crippen LogP contribution < -0.4 is 4.74 Å². The number of ether oxygens (including phenoxy) is 1. The summed E-state index contributed by atoms with van der Waals surface area (Å²) < 4.78 is 7.08. The van der Waals surface area contributed by atoms with Gasteiger partial charge in [0.25, 0.3) is 0 Å². The first-order valence-electron chi connectivity index (χ1n) is 21.9. The number of hydrogen-bond acceptors (Lipinski definition) is 3. The van der Waals surface area contributed by atoms with Gasteiger partial charge >= 0.3 is 0 Å². The van der Waals surface area contributed by atoms with Crippen LogP contribution in [0.2, 0.25) is 0 Å². The fourth-order valence-electron chi connectivity index (χ4n) is 10.3. The van der Waals surface area contributed by atoms with Gasteiger partial charge in [0.1, 0.15) is 11.5 Å². The summed E-state index contributed by atoms with van der Waals surface area (Å²) in [6.07, 6.45) is 3.31. The molecule has 0 bridgehead atoms. The zero-order chi connectivity index (χ0) is 41.9. The number of allylic oxidation sites excluding steroid dienone is 3. The SMILES string of the molecule is CC1C=C(c2ccc(-c3cc(-c4ccc(-c5ccccc5)cc4)nc(-c4ccc(-c5ccccc5)cc4)n3)cc2)C2=C(C1)C1(c3ccccc3O2)c2ccccc2-c2ccccc21. The molecule has 9 aromatic rings. The highest BCUT2D eigenvalue weighted by Gasteiger charge is 2.53. The normalized spacial score (nSPS) is 15.4. The Kier molecular flexibility index (Phi) is 8.75. The lowest BCUT2D eigenvalue weighted by Crippen LogP contribution is -2.37. The predicted molar refractivity (Wildman–Crippen MR) is 257 cm³/mol. The minimum atomic E-state index is -0.447. The van der Waals surface area contributed by atoms with Gasteiger partial charge in [-0.2, -0.15) is 0 Å². The van der Waals surface area contributed by atoms with Crippen LogP contribution in [0.3, 0.4) is 0 Å². The molecule has 0 saturated carbocycles. The molecule has 1 unspecified atom stereocenters. The highest BCUT2D eigenvalue weighted by molar-refractivity contribution is 5.91. The van der Waals surface area contributed by atoms with Gasteiger partial charge < -0.3 is 4.74 Å². The number of rotatable bonds is 6. The molecular weight excluding hydrogens is 765 g/mol. The van der Waals surface area contributed by atoms with Crippen LogP contribution in [-0.2, 0) is 5.41 Å². The maximum atomic E-state index is 7.08. The molecule has 8 aromatic carbocycles. The van der Waals surface area contributed by atoms with Crippen molar-refractivity contribution in [1.82, 2.24) is 9.97 Å². The molecule has 1 aromatic heterocycles. The van der Waals surface area contributed by atoms with Crippen LogP contribution in [0, 0.1) is 5.92 Å². The first-order chi connectivity index (χ1) is 31.1. The van der Waals surface area contributed by atoms with Crippen LogP contribution in [-0.4, -0.2) is 9.97 Å². The number of hydrogen-bond donors (Lipinski definition) is 0. The predicted octanol–water partition coefficient (Wildman–Crippen LogP) is 14.9. The van der Waals surface area contributed by atoms with Crippen molar-refractivity contribution < 1.29 is 4.74 Å². The second kappa shape index (κ2) is 14.9. The molecule has 298 valence electrons. The molecule has 63 heavy (non-hydrogen) atoms.